The summed E-state index contributed by atoms with van der Waals surface area (Å²) >= 11 is 0. The van der Waals surface area contributed by atoms with Gasteiger partial charge in [0.15, 0.2) is 0 Å². The first-order valence-electron chi connectivity index (χ1n) is 10.2. The molecule has 30 heavy (non-hydrogen) atoms. The summed E-state index contributed by atoms with van der Waals surface area (Å²) in [6, 6.07) is 22.3. The molecule has 2 aromatic heterocycles. The first-order chi connectivity index (χ1) is 14.8. The van der Waals surface area contributed by atoms with Crippen molar-refractivity contribution >= 4 is 5.91 Å². The number of fused-ring (bicyclic) bond motifs is 1. The number of aromatic nitrogens is 3. The van der Waals surface area contributed by atoms with Gasteiger partial charge in [0.25, 0.3) is 0 Å². The van der Waals surface area contributed by atoms with Gasteiger partial charge in [-0.3, -0.25) is 14.9 Å². The molecule has 0 saturated heterocycles. The fourth-order valence-corrected chi connectivity index (χ4v) is 4.11. The molecule has 2 aromatic carbocycles. The maximum Gasteiger partial charge on any atom is 0.227 e. The predicted molar refractivity (Wildman–Crippen MR) is 117 cm³/mol. The number of carbonyl (C=O) groups is 1. The van der Waals surface area contributed by atoms with E-state index < -0.39 is 0 Å². The van der Waals surface area contributed by atoms with Crippen LogP contribution in [-0.2, 0) is 24.2 Å². The molecular weight excluding hydrogens is 372 g/mol. The number of nitrogens with zero attached hydrogens (tertiary/aromatic N) is 3. The lowest BCUT2D eigenvalue weighted by Gasteiger charge is -2.27. The average molecular weight is 394 g/mol. The van der Waals surface area contributed by atoms with Gasteiger partial charge in [-0.1, -0.05) is 54.6 Å². The second kappa shape index (κ2) is 7.95. The van der Waals surface area contributed by atoms with E-state index in [4.69, 9.17) is 0 Å². The molecule has 0 radical (unpaired) electrons. The van der Waals surface area contributed by atoms with Gasteiger partial charge in [-0.15, -0.1) is 0 Å². The summed E-state index contributed by atoms with van der Waals surface area (Å²) < 4.78 is 0. The minimum atomic E-state index is 0.144. The number of hydrogen-bond acceptors (Lipinski definition) is 3. The second-order valence-corrected chi connectivity index (χ2v) is 7.53. The summed E-state index contributed by atoms with van der Waals surface area (Å²) in [4.78, 5) is 19.3. The summed E-state index contributed by atoms with van der Waals surface area (Å²) in [5.74, 6) is 0.144. The van der Waals surface area contributed by atoms with E-state index in [0.29, 0.717) is 19.5 Å². The third-order valence-electron chi connectivity index (χ3n) is 5.68. The highest BCUT2D eigenvalue weighted by molar-refractivity contribution is 5.82. The van der Waals surface area contributed by atoms with Gasteiger partial charge in [-0.25, -0.2) is 0 Å². The number of carbonyl (C=O) groups excluding carboxylic acids is 1. The van der Waals surface area contributed by atoms with Gasteiger partial charge in [0.1, 0.15) is 0 Å². The first kappa shape index (κ1) is 18.3. The monoisotopic (exact) mass is 394 g/mol. The van der Waals surface area contributed by atoms with Crippen LogP contribution >= 0.6 is 0 Å². The number of H-pyrrole nitrogens is 1. The Labute approximate surface area is 175 Å². The molecule has 1 amide bonds. The lowest BCUT2D eigenvalue weighted by molar-refractivity contribution is -0.131. The summed E-state index contributed by atoms with van der Waals surface area (Å²) in [6.07, 6.45) is 4.72. The third-order valence-corrected chi connectivity index (χ3v) is 5.68. The Kier molecular flexibility index (Phi) is 4.85. The number of aromatic amines is 1. The quantitative estimate of drug-likeness (QED) is 0.562. The molecule has 3 heterocycles. The third kappa shape index (κ3) is 3.50. The fraction of sp³-hybridized carbons (Fsp3) is 0.160. The van der Waals surface area contributed by atoms with Crippen molar-refractivity contribution in [2.24, 2.45) is 0 Å². The van der Waals surface area contributed by atoms with Gasteiger partial charge in [0.05, 0.1) is 12.1 Å². The van der Waals surface area contributed by atoms with Crippen molar-refractivity contribution in [3.05, 3.63) is 95.9 Å². The maximum atomic E-state index is 13.2. The van der Waals surface area contributed by atoms with E-state index in [0.717, 1.165) is 45.6 Å². The maximum absolute atomic E-state index is 13.2. The highest BCUT2D eigenvalue weighted by Crippen LogP contribution is 2.29. The normalized spacial score (nSPS) is 13.1. The number of amides is 1. The number of pyridine rings is 1. The number of rotatable bonds is 4. The molecule has 5 rings (SSSR count). The molecule has 0 bridgehead atoms. The van der Waals surface area contributed by atoms with Crippen LogP contribution in [0.3, 0.4) is 0 Å². The van der Waals surface area contributed by atoms with E-state index in [-0.39, 0.29) is 5.91 Å². The Bertz CT molecular complexity index is 1170. The first-order valence-corrected chi connectivity index (χ1v) is 10.2. The molecule has 0 saturated carbocycles. The highest BCUT2D eigenvalue weighted by atomic mass is 16.2. The molecule has 0 fully saturated rings. The zero-order valence-electron chi connectivity index (χ0n) is 16.6. The van der Waals surface area contributed by atoms with Crippen LogP contribution in [0.2, 0.25) is 0 Å². The molecule has 0 unspecified atom stereocenters. The van der Waals surface area contributed by atoms with E-state index in [1.807, 2.05) is 47.4 Å². The van der Waals surface area contributed by atoms with Gasteiger partial charge in [-0.2, -0.15) is 5.10 Å². The van der Waals surface area contributed by atoms with Crippen molar-refractivity contribution in [1.29, 1.82) is 0 Å². The van der Waals surface area contributed by atoms with E-state index in [9.17, 15) is 4.79 Å². The Morgan fingerprint density at radius 3 is 2.53 bits per heavy atom. The minimum absolute atomic E-state index is 0.144. The molecule has 1 N–H and O–H groups in total. The number of nitrogens with one attached hydrogen (secondary N) is 1. The lowest BCUT2D eigenvalue weighted by atomic mass is 9.96. The standard InChI is InChI=1S/C25H22N4O/c30-24(16-20-8-4-5-9-21(20)18-6-2-1-3-7-18)29-15-12-23-22(17-29)25(28-27-23)19-10-13-26-14-11-19/h1-11,13-14H,12,15-17H2,(H,27,28). The zero-order chi connectivity index (χ0) is 20.3. The lowest BCUT2D eigenvalue weighted by Crippen LogP contribution is -2.37. The summed E-state index contributed by atoms with van der Waals surface area (Å²) in [7, 11) is 0. The van der Waals surface area contributed by atoms with Crippen LogP contribution in [0.5, 0.6) is 0 Å². The second-order valence-electron chi connectivity index (χ2n) is 7.53. The molecule has 5 heteroatoms. The molecule has 1 aliphatic rings. The average Bonchev–Trinajstić information content (AvgIpc) is 3.24. The smallest absolute Gasteiger partial charge is 0.227 e. The van der Waals surface area contributed by atoms with E-state index in [2.05, 4.69) is 39.4 Å². The van der Waals surface area contributed by atoms with Crippen LogP contribution in [0.25, 0.3) is 22.4 Å². The van der Waals surface area contributed by atoms with Gasteiger partial charge in [0, 0.05) is 48.7 Å². The molecular formula is C25H22N4O. The molecule has 5 nitrogen and oxygen atoms in total. The molecule has 148 valence electrons. The van der Waals surface area contributed by atoms with E-state index in [1.54, 1.807) is 12.4 Å². The van der Waals surface area contributed by atoms with Crippen LogP contribution in [0.4, 0.5) is 0 Å². The fourth-order valence-electron chi connectivity index (χ4n) is 4.11. The van der Waals surface area contributed by atoms with Crippen molar-refractivity contribution in [3.63, 3.8) is 0 Å². The van der Waals surface area contributed by atoms with Gasteiger partial charge >= 0.3 is 0 Å². The number of benzene rings is 2. The Balaban J connectivity index is 1.38. The van der Waals surface area contributed by atoms with Crippen molar-refractivity contribution in [3.8, 4) is 22.4 Å². The van der Waals surface area contributed by atoms with Crippen molar-refractivity contribution in [2.45, 2.75) is 19.4 Å². The van der Waals surface area contributed by atoms with Crippen LogP contribution in [0.1, 0.15) is 16.8 Å². The van der Waals surface area contributed by atoms with Crippen LogP contribution in [0, 0.1) is 0 Å². The topological polar surface area (TPSA) is 61.9 Å². The SMILES string of the molecule is O=C(Cc1ccccc1-c1ccccc1)N1CCc2[nH]nc(-c3ccncc3)c2C1. The molecule has 0 spiro atoms. The minimum Gasteiger partial charge on any atom is -0.338 e. The zero-order valence-corrected chi connectivity index (χ0v) is 16.6. The van der Waals surface area contributed by atoms with Crippen LogP contribution in [-0.4, -0.2) is 32.5 Å². The Morgan fingerprint density at radius 1 is 0.933 bits per heavy atom. The Hall–Kier alpha value is -3.73. The molecule has 0 aliphatic carbocycles. The molecule has 0 atom stereocenters. The van der Waals surface area contributed by atoms with Crippen LogP contribution < -0.4 is 0 Å². The molecule has 1 aliphatic heterocycles. The van der Waals surface area contributed by atoms with Gasteiger partial charge in [-0.05, 0) is 28.8 Å². The highest BCUT2D eigenvalue weighted by Gasteiger charge is 2.26. The predicted octanol–water partition coefficient (Wildman–Crippen LogP) is 4.27. The van der Waals surface area contributed by atoms with Gasteiger partial charge < -0.3 is 4.90 Å². The van der Waals surface area contributed by atoms with Crippen LogP contribution in [0.15, 0.2) is 79.1 Å². The molecule has 4 aromatic rings. The van der Waals surface area contributed by atoms with E-state index >= 15 is 0 Å². The number of hydrogen-bond donors (Lipinski definition) is 1. The summed E-state index contributed by atoms with van der Waals surface area (Å²) in [5, 5.41) is 7.66. The van der Waals surface area contributed by atoms with Gasteiger partial charge in [0.2, 0.25) is 5.91 Å². The van der Waals surface area contributed by atoms with E-state index in [1.165, 1.54) is 0 Å². The van der Waals surface area contributed by atoms with Crippen molar-refractivity contribution in [2.75, 3.05) is 6.54 Å². The van der Waals surface area contributed by atoms with Crippen molar-refractivity contribution in [1.82, 2.24) is 20.1 Å². The summed E-state index contributed by atoms with van der Waals surface area (Å²) in [5.41, 5.74) is 7.47. The Morgan fingerprint density at radius 2 is 1.70 bits per heavy atom. The van der Waals surface area contributed by atoms with Crippen molar-refractivity contribution < 1.29 is 4.79 Å². The summed E-state index contributed by atoms with van der Waals surface area (Å²) in [6.45, 7) is 1.28. The largest absolute Gasteiger partial charge is 0.338 e.